The van der Waals surface area contributed by atoms with Crippen molar-refractivity contribution in [2.45, 2.75) is 13.0 Å². The van der Waals surface area contributed by atoms with E-state index in [4.69, 9.17) is 9.47 Å². The fourth-order valence-electron chi connectivity index (χ4n) is 2.36. The molecule has 2 aromatic carbocycles. The summed E-state index contributed by atoms with van der Waals surface area (Å²) in [7, 11) is 1.39. The number of carbonyl (C=O) groups is 1. The highest BCUT2D eigenvalue weighted by atomic mass is 16.5. The number of rotatable bonds is 5. The third kappa shape index (κ3) is 3.11. The van der Waals surface area contributed by atoms with Gasteiger partial charge in [-0.15, -0.1) is 0 Å². The Morgan fingerprint density at radius 1 is 1.09 bits per heavy atom. The first-order valence-electron chi connectivity index (χ1n) is 7.10. The number of hydrogen-bond acceptors (Lipinski definition) is 3. The molecule has 0 saturated heterocycles. The lowest BCUT2D eigenvalue weighted by atomic mass is 10.2. The molecule has 0 amide bonds. The molecule has 1 aromatic heterocycles. The molecule has 1 heterocycles. The summed E-state index contributed by atoms with van der Waals surface area (Å²) in [4.78, 5) is 14.6. The number of methoxy groups -OCH3 is 1. The Labute approximate surface area is 128 Å². The molecule has 4 nitrogen and oxygen atoms in total. The summed E-state index contributed by atoms with van der Waals surface area (Å²) >= 11 is 0. The van der Waals surface area contributed by atoms with Crippen molar-refractivity contribution in [1.82, 2.24) is 4.98 Å². The molecule has 3 rings (SSSR count). The van der Waals surface area contributed by atoms with Crippen LogP contribution in [0, 0.1) is 0 Å². The minimum atomic E-state index is -0.265. The number of benzene rings is 2. The number of aromatic nitrogens is 1. The van der Waals surface area contributed by atoms with Crippen molar-refractivity contribution >= 4 is 16.9 Å². The number of ether oxygens (including phenoxy) is 2. The lowest BCUT2D eigenvalue weighted by molar-refractivity contribution is -0.139. The third-order valence-electron chi connectivity index (χ3n) is 3.47. The van der Waals surface area contributed by atoms with Crippen LogP contribution in [0.3, 0.4) is 0 Å². The van der Waals surface area contributed by atoms with E-state index in [0.717, 1.165) is 27.9 Å². The molecular formula is C18H17NO3. The molecule has 0 spiro atoms. The number of nitrogens with one attached hydrogen (secondary N) is 1. The molecule has 0 aliphatic rings. The van der Waals surface area contributed by atoms with Crippen molar-refractivity contribution in [3.8, 4) is 5.75 Å². The van der Waals surface area contributed by atoms with Crippen LogP contribution in [0.15, 0.2) is 54.6 Å². The SMILES string of the molecule is COC(=O)Cc1cc2cccc(OCc3ccccc3)c2[nH]1. The molecule has 3 aromatic rings. The molecule has 0 bridgehead atoms. The lowest BCUT2D eigenvalue weighted by Gasteiger charge is -2.07. The van der Waals surface area contributed by atoms with E-state index in [1.54, 1.807) is 0 Å². The maximum absolute atomic E-state index is 11.4. The summed E-state index contributed by atoms with van der Waals surface area (Å²) in [5.41, 5.74) is 2.83. The molecule has 112 valence electrons. The first-order chi connectivity index (χ1) is 10.8. The van der Waals surface area contributed by atoms with E-state index in [1.807, 2.05) is 54.6 Å². The second kappa shape index (κ2) is 6.35. The van der Waals surface area contributed by atoms with Crippen LogP contribution < -0.4 is 4.74 Å². The van der Waals surface area contributed by atoms with Gasteiger partial charge in [0.1, 0.15) is 12.4 Å². The van der Waals surface area contributed by atoms with Crippen LogP contribution in [0.25, 0.3) is 10.9 Å². The van der Waals surface area contributed by atoms with Crippen molar-refractivity contribution in [3.63, 3.8) is 0 Å². The van der Waals surface area contributed by atoms with Gasteiger partial charge in [-0.2, -0.15) is 0 Å². The number of carbonyl (C=O) groups excluding carboxylic acids is 1. The van der Waals surface area contributed by atoms with Crippen LogP contribution in [-0.2, 0) is 22.6 Å². The number of hydrogen-bond donors (Lipinski definition) is 1. The van der Waals surface area contributed by atoms with E-state index < -0.39 is 0 Å². The normalized spacial score (nSPS) is 10.6. The molecule has 4 heteroatoms. The highest BCUT2D eigenvalue weighted by molar-refractivity contribution is 5.87. The standard InChI is InChI=1S/C18H17NO3/c1-21-17(20)11-15-10-14-8-5-9-16(18(14)19-15)22-12-13-6-3-2-4-7-13/h2-10,19H,11-12H2,1H3. The zero-order valence-electron chi connectivity index (χ0n) is 12.3. The summed E-state index contributed by atoms with van der Waals surface area (Å²) in [6, 6.07) is 17.8. The first kappa shape index (κ1) is 14.2. The lowest BCUT2D eigenvalue weighted by Crippen LogP contribution is -2.04. The molecule has 22 heavy (non-hydrogen) atoms. The Morgan fingerprint density at radius 3 is 2.68 bits per heavy atom. The first-order valence-corrected chi connectivity index (χ1v) is 7.10. The molecule has 0 unspecified atom stereocenters. The fourth-order valence-corrected chi connectivity index (χ4v) is 2.36. The van der Waals surface area contributed by atoms with Crippen molar-refractivity contribution in [1.29, 1.82) is 0 Å². The van der Waals surface area contributed by atoms with E-state index in [0.29, 0.717) is 6.61 Å². The van der Waals surface area contributed by atoms with Gasteiger partial charge in [-0.1, -0.05) is 42.5 Å². The monoisotopic (exact) mass is 295 g/mol. The van der Waals surface area contributed by atoms with E-state index in [2.05, 4.69) is 4.98 Å². The average molecular weight is 295 g/mol. The predicted molar refractivity (Wildman–Crippen MR) is 84.8 cm³/mol. The van der Waals surface area contributed by atoms with E-state index in [1.165, 1.54) is 7.11 Å². The summed E-state index contributed by atoms with van der Waals surface area (Å²) in [5.74, 6) is 0.510. The van der Waals surface area contributed by atoms with Gasteiger partial charge in [0.15, 0.2) is 0 Å². The van der Waals surface area contributed by atoms with Gasteiger partial charge < -0.3 is 14.5 Å². The van der Waals surface area contributed by atoms with Gasteiger partial charge in [0.25, 0.3) is 0 Å². The van der Waals surface area contributed by atoms with E-state index in [9.17, 15) is 4.79 Å². The fraction of sp³-hybridized carbons (Fsp3) is 0.167. The smallest absolute Gasteiger partial charge is 0.311 e. The number of aromatic amines is 1. The Hall–Kier alpha value is -2.75. The van der Waals surface area contributed by atoms with E-state index in [-0.39, 0.29) is 12.4 Å². The van der Waals surface area contributed by atoms with Gasteiger partial charge >= 0.3 is 5.97 Å². The summed E-state index contributed by atoms with van der Waals surface area (Å²) in [6.07, 6.45) is 0.226. The summed E-state index contributed by atoms with van der Waals surface area (Å²) in [6.45, 7) is 0.505. The van der Waals surface area contributed by atoms with Crippen molar-refractivity contribution in [3.05, 3.63) is 65.9 Å². The van der Waals surface area contributed by atoms with Crippen molar-refractivity contribution < 1.29 is 14.3 Å². The van der Waals surface area contributed by atoms with Gasteiger partial charge in [0.2, 0.25) is 0 Å². The molecule has 0 aliphatic heterocycles. The zero-order chi connectivity index (χ0) is 15.4. The van der Waals surface area contributed by atoms with E-state index >= 15 is 0 Å². The molecule has 0 radical (unpaired) electrons. The highest BCUT2D eigenvalue weighted by Crippen LogP contribution is 2.26. The van der Waals surface area contributed by atoms with Gasteiger partial charge in [-0.05, 0) is 17.7 Å². The number of esters is 1. The van der Waals surface area contributed by atoms with Crippen molar-refractivity contribution in [2.75, 3.05) is 7.11 Å². The van der Waals surface area contributed by atoms with Gasteiger partial charge in [0, 0.05) is 11.1 Å². The summed E-state index contributed by atoms with van der Waals surface area (Å²) in [5, 5.41) is 1.02. The average Bonchev–Trinajstić information content (AvgIpc) is 2.96. The maximum Gasteiger partial charge on any atom is 0.311 e. The van der Waals surface area contributed by atoms with Crippen LogP contribution in [0.4, 0.5) is 0 Å². The van der Waals surface area contributed by atoms with Crippen LogP contribution in [-0.4, -0.2) is 18.1 Å². The van der Waals surface area contributed by atoms with Gasteiger partial charge in [-0.25, -0.2) is 0 Å². The Morgan fingerprint density at radius 2 is 1.91 bits per heavy atom. The molecule has 0 fully saturated rings. The quantitative estimate of drug-likeness (QED) is 0.733. The Bertz CT molecular complexity index is 777. The maximum atomic E-state index is 11.4. The molecular weight excluding hydrogens is 278 g/mol. The second-order valence-electron chi connectivity index (χ2n) is 5.04. The number of fused-ring (bicyclic) bond motifs is 1. The third-order valence-corrected chi connectivity index (χ3v) is 3.47. The van der Waals surface area contributed by atoms with Crippen molar-refractivity contribution in [2.24, 2.45) is 0 Å². The number of para-hydroxylation sites is 1. The minimum Gasteiger partial charge on any atom is -0.487 e. The minimum absolute atomic E-state index is 0.226. The highest BCUT2D eigenvalue weighted by Gasteiger charge is 2.10. The van der Waals surface area contributed by atoms with Crippen LogP contribution in [0.5, 0.6) is 5.75 Å². The Balaban J connectivity index is 1.82. The van der Waals surface area contributed by atoms with Crippen LogP contribution >= 0.6 is 0 Å². The second-order valence-corrected chi connectivity index (χ2v) is 5.04. The molecule has 0 atom stereocenters. The van der Waals surface area contributed by atoms with Crippen LogP contribution in [0.2, 0.25) is 0 Å². The summed E-state index contributed by atoms with van der Waals surface area (Å²) < 4.78 is 10.6. The van der Waals surface area contributed by atoms with Gasteiger partial charge in [-0.3, -0.25) is 4.79 Å². The molecule has 0 saturated carbocycles. The zero-order valence-corrected chi connectivity index (χ0v) is 12.3. The van der Waals surface area contributed by atoms with Crippen LogP contribution in [0.1, 0.15) is 11.3 Å². The topological polar surface area (TPSA) is 51.3 Å². The largest absolute Gasteiger partial charge is 0.487 e. The predicted octanol–water partition coefficient (Wildman–Crippen LogP) is 3.46. The number of H-pyrrole nitrogens is 1. The molecule has 0 aliphatic carbocycles. The molecule has 1 N–H and O–H groups in total. The Kier molecular flexibility index (Phi) is 4.10. The van der Waals surface area contributed by atoms with Gasteiger partial charge in [0.05, 0.1) is 19.0 Å².